The molecule has 6 nitrogen and oxygen atoms in total. The Labute approximate surface area is 144 Å². The van der Waals surface area contributed by atoms with Crippen LogP contribution in [0.1, 0.15) is 20.3 Å². The van der Waals surface area contributed by atoms with Crippen molar-refractivity contribution in [3.8, 4) is 0 Å². The third-order valence-corrected chi connectivity index (χ3v) is 4.26. The van der Waals surface area contributed by atoms with Crippen LogP contribution in [0.25, 0.3) is 0 Å². The van der Waals surface area contributed by atoms with Crippen molar-refractivity contribution in [2.24, 2.45) is 5.92 Å². The highest BCUT2D eigenvalue weighted by Gasteiger charge is 2.22. The summed E-state index contributed by atoms with van der Waals surface area (Å²) in [4.78, 5) is 27.2. The second-order valence-corrected chi connectivity index (χ2v) is 6.74. The lowest BCUT2D eigenvalue weighted by Gasteiger charge is -2.33. The van der Waals surface area contributed by atoms with Gasteiger partial charge in [-0.05, 0) is 24.5 Å². The number of amides is 3. The predicted molar refractivity (Wildman–Crippen MR) is 95.2 cm³/mol. The molecule has 132 valence electrons. The lowest BCUT2D eigenvalue weighted by molar-refractivity contribution is -0.892. The number of nitrogens with one attached hydrogen (secondary N) is 3. The van der Waals surface area contributed by atoms with Crippen molar-refractivity contribution >= 4 is 17.6 Å². The quantitative estimate of drug-likeness (QED) is 0.700. The molecule has 1 fully saturated rings. The summed E-state index contributed by atoms with van der Waals surface area (Å²) in [5, 5.41) is 5.14. The molecule has 2 rings (SSSR count). The molecule has 0 bridgehead atoms. The van der Waals surface area contributed by atoms with Gasteiger partial charge in [0, 0.05) is 12.2 Å². The van der Waals surface area contributed by atoms with Crippen LogP contribution in [0.3, 0.4) is 0 Å². The smallest absolute Gasteiger partial charge is 0.321 e. The van der Waals surface area contributed by atoms with Gasteiger partial charge in [-0.15, -0.1) is 0 Å². The maximum absolute atomic E-state index is 12.0. The molecule has 3 amide bonds. The number of rotatable bonds is 6. The first-order valence-electron chi connectivity index (χ1n) is 8.76. The van der Waals surface area contributed by atoms with E-state index >= 15 is 0 Å². The van der Waals surface area contributed by atoms with E-state index in [0.29, 0.717) is 19.0 Å². The van der Waals surface area contributed by atoms with Crippen LogP contribution in [0.4, 0.5) is 10.5 Å². The van der Waals surface area contributed by atoms with E-state index < -0.39 is 0 Å². The van der Waals surface area contributed by atoms with E-state index in [1.807, 2.05) is 18.2 Å². The Morgan fingerprint density at radius 1 is 1.17 bits per heavy atom. The molecule has 3 N–H and O–H groups in total. The van der Waals surface area contributed by atoms with Crippen LogP contribution in [-0.2, 0) is 4.79 Å². The zero-order valence-electron chi connectivity index (χ0n) is 14.7. The van der Waals surface area contributed by atoms with Gasteiger partial charge >= 0.3 is 6.03 Å². The van der Waals surface area contributed by atoms with E-state index in [1.54, 1.807) is 0 Å². The van der Waals surface area contributed by atoms with Gasteiger partial charge in [0.15, 0.2) is 6.54 Å². The van der Waals surface area contributed by atoms with Crippen LogP contribution in [-0.4, -0.2) is 51.2 Å². The van der Waals surface area contributed by atoms with Crippen LogP contribution < -0.4 is 20.4 Å². The predicted octanol–water partition coefficient (Wildman–Crippen LogP) is 0.263. The van der Waals surface area contributed by atoms with E-state index in [1.165, 1.54) is 10.6 Å². The van der Waals surface area contributed by atoms with Crippen molar-refractivity contribution in [3.63, 3.8) is 0 Å². The summed E-state index contributed by atoms with van der Waals surface area (Å²) in [6.45, 7) is 8.79. The molecule has 0 atom stereocenters. The molecule has 1 saturated heterocycles. The number of imide groups is 1. The van der Waals surface area contributed by atoms with Crippen LogP contribution >= 0.6 is 0 Å². The van der Waals surface area contributed by atoms with Crippen molar-refractivity contribution in [2.45, 2.75) is 20.3 Å². The normalized spacial score (nSPS) is 15.4. The van der Waals surface area contributed by atoms with Gasteiger partial charge in [0.1, 0.15) is 0 Å². The van der Waals surface area contributed by atoms with Gasteiger partial charge < -0.3 is 15.1 Å². The Morgan fingerprint density at radius 3 is 2.46 bits per heavy atom. The Kier molecular flexibility index (Phi) is 7.06. The summed E-state index contributed by atoms with van der Waals surface area (Å²) in [7, 11) is 0. The molecule has 0 unspecified atom stereocenters. The molecule has 0 aromatic heterocycles. The highest BCUT2D eigenvalue weighted by atomic mass is 16.2. The number of hydrogen-bond acceptors (Lipinski definition) is 3. The van der Waals surface area contributed by atoms with Crippen LogP contribution in [0.2, 0.25) is 0 Å². The fraction of sp³-hybridized carbons (Fsp3) is 0.556. The monoisotopic (exact) mass is 333 g/mol. The number of hydrogen-bond donors (Lipinski definition) is 3. The number of carbonyl (C=O) groups is 2. The Balaban J connectivity index is 1.66. The zero-order valence-corrected chi connectivity index (χ0v) is 14.7. The highest BCUT2D eigenvalue weighted by molar-refractivity contribution is 5.94. The van der Waals surface area contributed by atoms with Gasteiger partial charge in [-0.2, -0.15) is 0 Å². The van der Waals surface area contributed by atoms with Crippen LogP contribution in [0.15, 0.2) is 30.3 Å². The SMILES string of the molecule is CC(C)CCNC(=O)NC(=O)C[NH+]1CCN(c2ccccc2)CC1. The van der Waals surface area contributed by atoms with Gasteiger partial charge in [-0.1, -0.05) is 32.0 Å². The highest BCUT2D eigenvalue weighted by Crippen LogP contribution is 2.12. The van der Waals surface area contributed by atoms with Gasteiger partial charge in [0.2, 0.25) is 0 Å². The topological polar surface area (TPSA) is 65.9 Å². The molecule has 0 saturated carbocycles. The zero-order chi connectivity index (χ0) is 17.4. The van der Waals surface area contributed by atoms with Gasteiger partial charge in [-0.25, -0.2) is 4.79 Å². The minimum absolute atomic E-state index is 0.208. The van der Waals surface area contributed by atoms with E-state index in [0.717, 1.165) is 32.6 Å². The largest absolute Gasteiger partial charge is 0.360 e. The Hall–Kier alpha value is -2.08. The Morgan fingerprint density at radius 2 is 1.83 bits per heavy atom. The molecule has 1 heterocycles. The third kappa shape index (κ3) is 6.20. The maximum atomic E-state index is 12.0. The molecule has 1 aliphatic heterocycles. The van der Waals surface area contributed by atoms with Crippen molar-refractivity contribution in [1.82, 2.24) is 10.6 Å². The fourth-order valence-electron chi connectivity index (χ4n) is 2.81. The molecule has 24 heavy (non-hydrogen) atoms. The number of anilines is 1. The molecule has 0 spiro atoms. The standard InChI is InChI=1S/C18H28N4O2/c1-15(2)8-9-19-18(24)20-17(23)14-21-10-12-22(13-11-21)16-6-4-3-5-7-16/h3-7,15H,8-14H2,1-2H3,(H2,19,20,23,24)/p+1. The number of piperazine rings is 1. The average Bonchev–Trinajstić information content (AvgIpc) is 2.56. The summed E-state index contributed by atoms with van der Waals surface area (Å²) < 4.78 is 0. The van der Waals surface area contributed by atoms with E-state index in [-0.39, 0.29) is 11.9 Å². The summed E-state index contributed by atoms with van der Waals surface area (Å²) in [5.74, 6) is 0.326. The van der Waals surface area contributed by atoms with Crippen molar-refractivity contribution in [1.29, 1.82) is 0 Å². The van der Waals surface area contributed by atoms with Gasteiger partial charge in [0.25, 0.3) is 5.91 Å². The molecule has 0 radical (unpaired) electrons. The molecular weight excluding hydrogens is 304 g/mol. The number of nitrogens with zero attached hydrogens (tertiary/aromatic N) is 1. The first-order chi connectivity index (χ1) is 11.5. The van der Waals surface area contributed by atoms with E-state index in [2.05, 4.69) is 41.5 Å². The lowest BCUT2D eigenvalue weighted by Crippen LogP contribution is -3.16. The minimum Gasteiger partial charge on any atom is -0.360 e. The van der Waals surface area contributed by atoms with E-state index in [9.17, 15) is 9.59 Å². The number of carbonyl (C=O) groups excluding carboxylic acids is 2. The molecular formula is C18H29N4O2+. The number of benzene rings is 1. The molecule has 6 heteroatoms. The first-order valence-corrected chi connectivity index (χ1v) is 8.76. The third-order valence-electron chi connectivity index (χ3n) is 4.26. The Bertz CT molecular complexity index is 525. The van der Waals surface area contributed by atoms with Crippen molar-refractivity contribution in [3.05, 3.63) is 30.3 Å². The second kappa shape index (κ2) is 9.27. The van der Waals surface area contributed by atoms with Crippen LogP contribution in [0.5, 0.6) is 0 Å². The second-order valence-electron chi connectivity index (χ2n) is 6.74. The molecule has 1 aliphatic rings. The lowest BCUT2D eigenvalue weighted by atomic mass is 10.1. The minimum atomic E-state index is -0.386. The van der Waals surface area contributed by atoms with E-state index in [4.69, 9.17) is 0 Å². The molecule has 1 aromatic rings. The average molecular weight is 333 g/mol. The number of quaternary nitrogens is 1. The summed E-state index contributed by atoms with van der Waals surface area (Å²) in [6.07, 6.45) is 0.911. The van der Waals surface area contributed by atoms with Gasteiger partial charge in [-0.3, -0.25) is 10.1 Å². The maximum Gasteiger partial charge on any atom is 0.321 e. The first kappa shape index (κ1) is 18.3. The molecule has 1 aromatic carbocycles. The van der Waals surface area contributed by atoms with Crippen molar-refractivity contribution in [2.75, 3.05) is 44.2 Å². The fourth-order valence-corrected chi connectivity index (χ4v) is 2.81. The van der Waals surface area contributed by atoms with Crippen LogP contribution in [0, 0.1) is 5.92 Å². The molecule has 0 aliphatic carbocycles. The van der Waals surface area contributed by atoms with Crippen molar-refractivity contribution < 1.29 is 14.5 Å². The summed E-state index contributed by atoms with van der Waals surface area (Å²) >= 11 is 0. The summed E-state index contributed by atoms with van der Waals surface area (Å²) in [5.41, 5.74) is 1.23. The van der Waals surface area contributed by atoms with Gasteiger partial charge in [0.05, 0.1) is 26.2 Å². The number of urea groups is 1. The number of para-hydroxylation sites is 1. The summed E-state index contributed by atoms with van der Waals surface area (Å²) in [6, 6.07) is 9.93.